The third-order valence-corrected chi connectivity index (χ3v) is 3.28. The molecule has 0 heterocycles. The minimum absolute atomic E-state index is 0.255. The summed E-state index contributed by atoms with van der Waals surface area (Å²) in [5, 5.41) is 0.650. The van der Waals surface area contributed by atoms with Crippen molar-refractivity contribution in [2.75, 3.05) is 12.5 Å². The molecule has 4 heteroatoms. The molecule has 2 nitrogen and oxygen atoms in total. The van der Waals surface area contributed by atoms with Gasteiger partial charge in [-0.25, -0.2) is 4.79 Å². The summed E-state index contributed by atoms with van der Waals surface area (Å²) in [4.78, 5) is 11.8. The molecule has 0 spiro atoms. The summed E-state index contributed by atoms with van der Waals surface area (Å²) in [6.07, 6.45) is 1.80. The lowest BCUT2D eigenvalue weighted by molar-refractivity contribution is 0.0525. The maximum absolute atomic E-state index is 11.8. The zero-order chi connectivity index (χ0) is 12.7. The van der Waals surface area contributed by atoms with Gasteiger partial charge >= 0.3 is 5.97 Å². The normalized spacial score (nSPS) is 10.3. The van der Waals surface area contributed by atoms with Gasteiger partial charge in [0.1, 0.15) is 0 Å². The first-order chi connectivity index (χ1) is 8.22. The summed E-state index contributed by atoms with van der Waals surface area (Å²) in [5.74, 6) is 0.379. The highest BCUT2D eigenvalue weighted by atomic mass is 79.9. The van der Waals surface area contributed by atoms with Crippen molar-refractivity contribution in [3.8, 4) is 0 Å². The van der Waals surface area contributed by atoms with Crippen LogP contribution in [0.25, 0.3) is 0 Å². The third kappa shape index (κ3) is 4.32. The topological polar surface area (TPSA) is 26.3 Å². The van der Waals surface area contributed by atoms with Crippen molar-refractivity contribution in [2.24, 2.45) is 0 Å². The van der Waals surface area contributed by atoms with Crippen molar-refractivity contribution in [2.45, 2.75) is 25.1 Å². The molecule has 0 aromatic heterocycles. The number of halogens is 2. The second kappa shape index (κ2) is 7.72. The number of rotatable bonds is 6. The Hall–Kier alpha value is -0.540. The molecule has 0 radical (unpaired) electrons. The van der Waals surface area contributed by atoms with Crippen LogP contribution in [0.1, 0.15) is 34.8 Å². The van der Waals surface area contributed by atoms with Crippen LogP contribution in [0.4, 0.5) is 0 Å². The zero-order valence-corrected chi connectivity index (χ0v) is 12.2. The number of carbonyl (C=O) groups excluding carboxylic acids is 1. The van der Waals surface area contributed by atoms with Crippen LogP contribution < -0.4 is 0 Å². The van der Waals surface area contributed by atoms with Crippen molar-refractivity contribution in [3.05, 3.63) is 34.9 Å². The molecule has 0 atom stereocenters. The second-order valence-corrected chi connectivity index (χ2v) is 4.58. The Labute approximate surface area is 115 Å². The Morgan fingerprint density at radius 3 is 2.82 bits per heavy atom. The van der Waals surface area contributed by atoms with Crippen molar-refractivity contribution in [1.29, 1.82) is 0 Å². The van der Waals surface area contributed by atoms with E-state index in [4.69, 9.17) is 16.3 Å². The van der Waals surface area contributed by atoms with Gasteiger partial charge < -0.3 is 4.74 Å². The maximum atomic E-state index is 11.8. The van der Waals surface area contributed by atoms with Crippen molar-refractivity contribution in [3.63, 3.8) is 0 Å². The number of hydrogen-bond acceptors (Lipinski definition) is 2. The van der Waals surface area contributed by atoms with Gasteiger partial charge in [0, 0.05) is 11.2 Å². The first-order valence-electron chi connectivity index (χ1n) is 5.63. The van der Waals surface area contributed by atoms with E-state index in [-0.39, 0.29) is 5.97 Å². The summed E-state index contributed by atoms with van der Waals surface area (Å²) in [6, 6.07) is 5.90. The Morgan fingerprint density at radius 2 is 2.24 bits per heavy atom. The van der Waals surface area contributed by atoms with Crippen LogP contribution >= 0.6 is 27.5 Å². The summed E-state index contributed by atoms with van der Waals surface area (Å²) in [7, 11) is 0. The fourth-order valence-electron chi connectivity index (χ4n) is 1.57. The van der Waals surface area contributed by atoms with E-state index >= 15 is 0 Å². The summed E-state index contributed by atoms with van der Waals surface area (Å²) in [6.45, 7) is 2.20. The van der Waals surface area contributed by atoms with Gasteiger partial charge in [-0.1, -0.05) is 28.1 Å². The molecule has 1 aromatic carbocycles. The van der Waals surface area contributed by atoms with Crippen molar-refractivity contribution >= 4 is 33.5 Å². The molecule has 0 N–H and O–H groups in total. The fourth-order valence-corrected chi connectivity index (χ4v) is 2.19. The minimum atomic E-state index is -0.255. The molecular weight excluding hydrogens is 303 g/mol. The van der Waals surface area contributed by atoms with E-state index in [1.807, 2.05) is 25.1 Å². The van der Waals surface area contributed by atoms with Crippen LogP contribution in [0.2, 0.25) is 0 Å². The number of benzene rings is 1. The number of esters is 1. The van der Waals surface area contributed by atoms with Gasteiger partial charge in [0.05, 0.1) is 12.2 Å². The number of carbonyl (C=O) groups is 1. The standard InChI is InChI=1S/C13H16BrClO2/c1-2-17-13(16)12-8-10(4-3-7-15)5-6-11(12)9-14/h5-6,8H,2-4,7,9H2,1H3. The van der Waals surface area contributed by atoms with Gasteiger partial charge in [0.25, 0.3) is 0 Å². The van der Waals surface area contributed by atoms with Crippen molar-refractivity contribution in [1.82, 2.24) is 0 Å². The molecule has 0 saturated heterocycles. The lowest BCUT2D eigenvalue weighted by Crippen LogP contribution is -2.08. The molecule has 0 fully saturated rings. The number of alkyl halides is 2. The first-order valence-corrected chi connectivity index (χ1v) is 7.29. The zero-order valence-electron chi connectivity index (χ0n) is 9.84. The number of aryl methyl sites for hydroxylation is 1. The third-order valence-electron chi connectivity index (χ3n) is 2.41. The molecule has 0 unspecified atom stereocenters. The van der Waals surface area contributed by atoms with E-state index < -0.39 is 0 Å². The SMILES string of the molecule is CCOC(=O)c1cc(CCCCl)ccc1CBr. The lowest BCUT2D eigenvalue weighted by Gasteiger charge is -2.09. The number of hydrogen-bond donors (Lipinski definition) is 0. The average molecular weight is 320 g/mol. The van der Waals surface area contributed by atoms with Gasteiger partial charge in [-0.2, -0.15) is 0 Å². The van der Waals surface area contributed by atoms with Gasteiger partial charge in [-0.3, -0.25) is 0 Å². The minimum Gasteiger partial charge on any atom is -0.462 e. The molecule has 0 amide bonds. The Morgan fingerprint density at radius 1 is 1.47 bits per heavy atom. The molecule has 0 aliphatic heterocycles. The molecule has 17 heavy (non-hydrogen) atoms. The van der Waals surface area contributed by atoms with Crippen LogP contribution in [0.15, 0.2) is 18.2 Å². The van der Waals surface area contributed by atoms with E-state index in [0.29, 0.717) is 23.4 Å². The van der Waals surface area contributed by atoms with Crippen LogP contribution in [0.3, 0.4) is 0 Å². The van der Waals surface area contributed by atoms with E-state index in [1.54, 1.807) is 0 Å². The van der Waals surface area contributed by atoms with Crippen LogP contribution in [0, 0.1) is 0 Å². The molecule has 1 rings (SSSR count). The lowest BCUT2D eigenvalue weighted by atomic mass is 10.0. The molecular formula is C13H16BrClO2. The molecule has 0 bridgehead atoms. The van der Waals surface area contributed by atoms with Crippen molar-refractivity contribution < 1.29 is 9.53 Å². The smallest absolute Gasteiger partial charge is 0.338 e. The predicted octanol–water partition coefficient (Wildman–Crippen LogP) is 3.93. The van der Waals surface area contributed by atoms with E-state index in [0.717, 1.165) is 24.0 Å². The van der Waals surface area contributed by atoms with E-state index in [2.05, 4.69) is 15.9 Å². The van der Waals surface area contributed by atoms with E-state index in [9.17, 15) is 4.79 Å². The maximum Gasteiger partial charge on any atom is 0.338 e. The summed E-state index contributed by atoms with van der Waals surface area (Å²) < 4.78 is 5.04. The molecule has 94 valence electrons. The Kier molecular flexibility index (Phi) is 6.60. The van der Waals surface area contributed by atoms with Gasteiger partial charge in [0.2, 0.25) is 0 Å². The second-order valence-electron chi connectivity index (χ2n) is 3.64. The first kappa shape index (κ1) is 14.5. The van der Waals surface area contributed by atoms with Gasteiger partial charge in [0.15, 0.2) is 0 Å². The highest BCUT2D eigenvalue weighted by Gasteiger charge is 2.12. The van der Waals surface area contributed by atoms with Crippen LogP contribution in [-0.4, -0.2) is 18.5 Å². The van der Waals surface area contributed by atoms with Crippen LogP contribution in [-0.2, 0) is 16.5 Å². The molecule has 0 aliphatic carbocycles. The van der Waals surface area contributed by atoms with Crippen LogP contribution in [0.5, 0.6) is 0 Å². The highest BCUT2D eigenvalue weighted by Crippen LogP contribution is 2.17. The Balaban J connectivity index is 2.93. The van der Waals surface area contributed by atoms with E-state index in [1.165, 1.54) is 0 Å². The quantitative estimate of drug-likeness (QED) is 0.586. The van der Waals surface area contributed by atoms with Gasteiger partial charge in [-0.15, -0.1) is 11.6 Å². The number of ether oxygens (including phenoxy) is 1. The fraction of sp³-hybridized carbons (Fsp3) is 0.462. The monoisotopic (exact) mass is 318 g/mol. The van der Waals surface area contributed by atoms with Gasteiger partial charge in [-0.05, 0) is 37.0 Å². The highest BCUT2D eigenvalue weighted by molar-refractivity contribution is 9.08. The summed E-state index contributed by atoms with van der Waals surface area (Å²) >= 11 is 9.04. The molecule has 0 aliphatic rings. The predicted molar refractivity (Wildman–Crippen MR) is 74.1 cm³/mol. The Bertz CT molecular complexity index is 380. The largest absolute Gasteiger partial charge is 0.462 e. The summed E-state index contributed by atoms with van der Waals surface area (Å²) in [5.41, 5.74) is 2.73. The molecule has 1 aromatic rings. The molecule has 0 saturated carbocycles. The average Bonchev–Trinajstić information content (AvgIpc) is 2.36.